The fourth-order valence-corrected chi connectivity index (χ4v) is 3.86. The van der Waals surface area contributed by atoms with Crippen LogP contribution in [0.1, 0.15) is 11.3 Å². The Hall–Kier alpha value is -1.92. The average Bonchev–Trinajstić information content (AvgIpc) is 2.89. The van der Waals surface area contributed by atoms with Crippen LogP contribution in [0.2, 0.25) is 0 Å². The standard InChI is InChI=1S/C11H15N5O5S2/c1-14-6-21-7-15(10(14)13-16(19)20)5-8-4-12-11(23-8)22-3-2-9(17)18/h4H,2-3,5-7H2,1H3,(H,17,18)/b13-10-. The van der Waals surface area contributed by atoms with Crippen molar-refractivity contribution in [3.05, 3.63) is 21.2 Å². The number of aliphatic carboxylic acids is 1. The van der Waals surface area contributed by atoms with E-state index >= 15 is 0 Å². The van der Waals surface area contributed by atoms with E-state index in [1.165, 1.54) is 23.1 Å². The third-order valence-electron chi connectivity index (χ3n) is 2.75. The molecule has 0 saturated carbocycles. The number of hydrazone groups is 1. The van der Waals surface area contributed by atoms with Gasteiger partial charge in [-0.15, -0.1) is 11.3 Å². The average molecular weight is 361 g/mol. The number of aromatic nitrogens is 1. The fourth-order valence-electron chi connectivity index (χ4n) is 1.82. The van der Waals surface area contributed by atoms with E-state index in [9.17, 15) is 14.9 Å². The van der Waals surface area contributed by atoms with E-state index in [1.807, 2.05) is 0 Å². The third kappa shape index (κ3) is 5.33. The molecule has 1 N–H and O–H groups in total. The zero-order valence-corrected chi connectivity index (χ0v) is 13.9. The molecular formula is C11H15N5O5S2. The Morgan fingerprint density at radius 3 is 3.13 bits per heavy atom. The van der Waals surface area contributed by atoms with Crippen LogP contribution in [-0.4, -0.2) is 63.1 Å². The zero-order valence-electron chi connectivity index (χ0n) is 12.2. The number of thiazole rings is 1. The molecule has 1 aromatic heterocycles. The minimum Gasteiger partial charge on any atom is -0.481 e. The Bertz CT molecular complexity index is 607. The summed E-state index contributed by atoms with van der Waals surface area (Å²) in [6.45, 7) is 0.826. The van der Waals surface area contributed by atoms with Crippen LogP contribution in [-0.2, 0) is 16.1 Å². The highest BCUT2D eigenvalue weighted by atomic mass is 32.2. The van der Waals surface area contributed by atoms with Crippen molar-refractivity contribution in [1.29, 1.82) is 0 Å². The number of guanidine groups is 1. The Balaban J connectivity index is 1.98. The summed E-state index contributed by atoms with van der Waals surface area (Å²) in [5.41, 5.74) is 0. The Morgan fingerprint density at radius 1 is 1.65 bits per heavy atom. The molecule has 23 heavy (non-hydrogen) atoms. The minimum absolute atomic E-state index is 0.0734. The molecule has 2 rings (SSSR count). The maximum Gasteiger partial charge on any atom is 0.304 e. The van der Waals surface area contributed by atoms with Gasteiger partial charge in [0.15, 0.2) is 5.03 Å². The summed E-state index contributed by atoms with van der Waals surface area (Å²) in [5, 5.41) is 21.9. The quantitative estimate of drug-likeness (QED) is 0.429. The van der Waals surface area contributed by atoms with Crippen molar-refractivity contribution in [2.75, 3.05) is 26.3 Å². The molecule has 0 radical (unpaired) electrons. The summed E-state index contributed by atoms with van der Waals surface area (Å²) < 4.78 is 6.10. The van der Waals surface area contributed by atoms with E-state index in [0.717, 1.165) is 9.22 Å². The molecule has 126 valence electrons. The van der Waals surface area contributed by atoms with Gasteiger partial charge in [-0.2, -0.15) is 0 Å². The normalized spacial score (nSPS) is 16.8. The first-order chi connectivity index (χ1) is 11.0. The Labute approximate surface area is 139 Å². The Kier molecular flexibility index (Phi) is 6.12. The molecule has 1 fully saturated rings. The second kappa shape index (κ2) is 8.08. The topological polar surface area (TPSA) is 121 Å². The van der Waals surface area contributed by atoms with Crippen molar-refractivity contribution < 1.29 is 19.7 Å². The fraction of sp³-hybridized carbons (Fsp3) is 0.545. The summed E-state index contributed by atoms with van der Waals surface area (Å²) in [7, 11) is 1.66. The number of rotatable bonds is 7. The number of hydrogen-bond acceptors (Lipinski definition) is 7. The lowest BCUT2D eigenvalue weighted by Crippen LogP contribution is -2.49. The molecule has 0 unspecified atom stereocenters. The summed E-state index contributed by atoms with van der Waals surface area (Å²) in [6.07, 6.45) is 1.75. The van der Waals surface area contributed by atoms with Gasteiger partial charge in [0, 0.05) is 23.9 Å². The number of nitro groups is 1. The predicted molar refractivity (Wildman–Crippen MR) is 83.6 cm³/mol. The van der Waals surface area contributed by atoms with E-state index in [1.54, 1.807) is 23.0 Å². The van der Waals surface area contributed by atoms with Gasteiger partial charge in [-0.3, -0.25) is 4.79 Å². The van der Waals surface area contributed by atoms with Gasteiger partial charge in [0.05, 0.1) is 13.0 Å². The smallest absolute Gasteiger partial charge is 0.304 e. The molecule has 1 aliphatic heterocycles. The number of thioether (sulfide) groups is 1. The lowest BCUT2D eigenvalue weighted by Gasteiger charge is -2.34. The van der Waals surface area contributed by atoms with Crippen LogP contribution in [0.5, 0.6) is 0 Å². The van der Waals surface area contributed by atoms with E-state index in [4.69, 9.17) is 9.84 Å². The molecule has 12 heteroatoms. The predicted octanol–water partition coefficient (Wildman–Crippen LogP) is 0.937. The largest absolute Gasteiger partial charge is 0.481 e. The molecule has 10 nitrogen and oxygen atoms in total. The number of carboxylic acid groups (broad SMARTS) is 1. The number of hydrogen-bond donors (Lipinski definition) is 1. The molecule has 0 spiro atoms. The van der Waals surface area contributed by atoms with Crippen molar-refractivity contribution in [2.24, 2.45) is 5.10 Å². The van der Waals surface area contributed by atoms with E-state index in [2.05, 4.69) is 10.1 Å². The van der Waals surface area contributed by atoms with Crippen molar-refractivity contribution in [1.82, 2.24) is 14.8 Å². The number of carbonyl (C=O) groups is 1. The Morgan fingerprint density at radius 2 is 2.43 bits per heavy atom. The molecule has 1 saturated heterocycles. The van der Waals surface area contributed by atoms with Gasteiger partial charge in [0.25, 0.3) is 5.96 Å². The van der Waals surface area contributed by atoms with Crippen LogP contribution in [0.25, 0.3) is 0 Å². The number of ether oxygens (including phenoxy) is 1. The van der Waals surface area contributed by atoms with Crippen molar-refractivity contribution >= 4 is 35.0 Å². The van der Waals surface area contributed by atoms with Crippen LogP contribution in [0.3, 0.4) is 0 Å². The molecule has 0 atom stereocenters. The number of carboxylic acids is 1. The summed E-state index contributed by atoms with van der Waals surface area (Å²) in [4.78, 5) is 29.4. The van der Waals surface area contributed by atoms with Gasteiger partial charge >= 0.3 is 5.97 Å². The highest BCUT2D eigenvalue weighted by Crippen LogP contribution is 2.26. The lowest BCUT2D eigenvalue weighted by molar-refractivity contribution is -0.486. The first-order valence-corrected chi connectivity index (χ1v) is 8.32. The molecule has 0 aliphatic carbocycles. The second-order valence-corrected chi connectivity index (χ2v) is 7.04. The van der Waals surface area contributed by atoms with Gasteiger partial charge < -0.3 is 19.6 Å². The van der Waals surface area contributed by atoms with Gasteiger partial charge in [-0.1, -0.05) is 11.8 Å². The maximum absolute atomic E-state index is 10.7. The van der Waals surface area contributed by atoms with E-state index in [-0.39, 0.29) is 25.8 Å². The molecule has 1 aliphatic rings. The molecule has 0 amide bonds. The summed E-state index contributed by atoms with van der Waals surface area (Å²) in [6, 6.07) is 0. The SMILES string of the molecule is CN1COCN(Cc2cnc(SCCC(=O)O)s2)/C1=N\[N+](=O)[O-]. The molecule has 0 aromatic carbocycles. The monoisotopic (exact) mass is 361 g/mol. The maximum atomic E-state index is 10.7. The minimum atomic E-state index is -0.844. The van der Waals surface area contributed by atoms with Crippen LogP contribution in [0.15, 0.2) is 15.6 Å². The lowest BCUT2D eigenvalue weighted by atomic mass is 10.5. The van der Waals surface area contributed by atoms with Crippen LogP contribution in [0, 0.1) is 10.1 Å². The van der Waals surface area contributed by atoms with E-state index in [0.29, 0.717) is 12.3 Å². The van der Waals surface area contributed by atoms with Gasteiger partial charge in [0.1, 0.15) is 22.9 Å². The molecule has 1 aromatic rings. The van der Waals surface area contributed by atoms with Crippen LogP contribution >= 0.6 is 23.1 Å². The van der Waals surface area contributed by atoms with Crippen molar-refractivity contribution in [3.8, 4) is 0 Å². The van der Waals surface area contributed by atoms with Gasteiger partial charge in [-0.25, -0.2) is 15.1 Å². The first kappa shape index (κ1) is 17.4. The van der Waals surface area contributed by atoms with Crippen molar-refractivity contribution in [2.45, 2.75) is 17.3 Å². The second-order valence-electron chi connectivity index (χ2n) is 4.58. The molecular weight excluding hydrogens is 346 g/mol. The molecule has 2 heterocycles. The van der Waals surface area contributed by atoms with Gasteiger partial charge in [0.2, 0.25) is 0 Å². The highest BCUT2D eigenvalue weighted by Gasteiger charge is 2.25. The van der Waals surface area contributed by atoms with Crippen LogP contribution < -0.4 is 0 Å². The van der Waals surface area contributed by atoms with Crippen molar-refractivity contribution in [3.63, 3.8) is 0 Å². The van der Waals surface area contributed by atoms with Gasteiger partial charge in [-0.05, 0) is 0 Å². The number of nitrogens with zero attached hydrogens (tertiary/aromatic N) is 5. The first-order valence-electron chi connectivity index (χ1n) is 6.52. The van der Waals surface area contributed by atoms with Crippen LogP contribution in [0.4, 0.5) is 0 Å². The third-order valence-corrected chi connectivity index (χ3v) is 4.89. The summed E-state index contributed by atoms with van der Waals surface area (Å²) >= 11 is 2.79. The van der Waals surface area contributed by atoms with E-state index < -0.39 is 11.0 Å². The zero-order chi connectivity index (χ0) is 16.8. The molecule has 0 bridgehead atoms. The highest BCUT2D eigenvalue weighted by molar-refractivity contribution is 8.01. The summed E-state index contributed by atoms with van der Waals surface area (Å²) in [5.74, 6) is -0.163.